The fraction of sp³-hybridized carbons (Fsp3) is 0.588. The Morgan fingerprint density at radius 1 is 1.33 bits per heavy atom. The number of amides is 2. The fourth-order valence-corrected chi connectivity index (χ4v) is 4.57. The number of urea groups is 1. The molecule has 0 bridgehead atoms. The number of aromatic amines is 1. The lowest BCUT2D eigenvalue weighted by Gasteiger charge is -2.27. The number of nitrogens with zero attached hydrogens (tertiary/aromatic N) is 3. The molecule has 3 rings (SSSR count). The summed E-state index contributed by atoms with van der Waals surface area (Å²) in [4.78, 5) is 20.4. The maximum absolute atomic E-state index is 12.8. The van der Waals surface area contributed by atoms with Crippen LogP contribution < -0.4 is 5.32 Å². The van der Waals surface area contributed by atoms with E-state index < -0.39 is 0 Å². The summed E-state index contributed by atoms with van der Waals surface area (Å²) in [7, 11) is 0. The zero-order valence-corrected chi connectivity index (χ0v) is 15.8. The largest absolute Gasteiger partial charge is 0.331 e. The van der Waals surface area contributed by atoms with E-state index in [-0.39, 0.29) is 18.1 Å². The van der Waals surface area contributed by atoms with Crippen molar-refractivity contribution >= 4 is 17.4 Å². The van der Waals surface area contributed by atoms with Crippen LogP contribution in [0.2, 0.25) is 0 Å². The lowest BCUT2D eigenvalue weighted by Crippen LogP contribution is -2.40. The van der Waals surface area contributed by atoms with E-state index in [1.165, 1.54) is 5.56 Å². The smallest absolute Gasteiger partial charge is 0.318 e. The summed E-state index contributed by atoms with van der Waals surface area (Å²) in [6, 6.07) is 0.0761. The van der Waals surface area contributed by atoms with Gasteiger partial charge in [-0.2, -0.15) is 5.10 Å². The molecule has 0 aromatic carbocycles. The van der Waals surface area contributed by atoms with E-state index >= 15 is 0 Å². The maximum atomic E-state index is 12.8. The Morgan fingerprint density at radius 3 is 2.67 bits per heavy atom. The Kier molecular flexibility index (Phi) is 4.62. The number of rotatable bonds is 3. The van der Waals surface area contributed by atoms with E-state index in [9.17, 15) is 4.79 Å². The van der Waals surface area contributed by atoms with E-state index in [1.54, 1.807) is 11.3 Å². The Morgan fingerprint density at radius 2 is 2.08 bits per heavy atom. The van der Waals surface area contributed by atoms with E-state index in [1.807, 2.05) is 39.5 Å². The number of hydrogen-bond acceptors (Lipinski definition) is 4. The molecule has 2 aromatic heterocycles. The number of thiazole rings is 1. The molecule has 2 unspecified atom stereocenters. The van der Waals surface area contributed by atoms with Crippen LogP contribution >= 0.6 is 11.3 Å². The molecule has 1 saturated heterocycles. The summed E-state index contributed by atoms with van der Waals surface area (Å²) in [5.74, 6) is 0. The van der Waals surface area contributed by atoms with Gasteiger partial charge < -0.3 is 10.2 Å². The molecule has 3 heterocycles. The number of H-pyrrole nitrogens is 1. The molecule has 24 heavy (non-hydrogen) atoms. The average molecular weight is 347 g/mol. The highest BCUT2D eigenvalue weighted by molar-refractivity contribution is 7.11. The summed E-state index contributed by atoms with van der Waals surface area (Å²) in [5, 5.41) is 11.5. The first kappa shape index (κ1) is 17.0. The first-order chi connectivity index (χ1) is 11.4. The van der Waals surface area contributed by atoms with Crippen LogP contribution in [0.4, 0.5) is 4.79 Å². The lowest BCUT2D eigenvalue weighted by molar-refractivity contribution is 0.189. The Bertz CT molecular complexity index is 731. The second-order valence-electron chi connectivity index (χ2n) is 6.55. The van der Waals surface area contributed by atoms with Gasteiger partial charge in [-0.1, -0.05) is 0 Å². The summed E-state index contributed by atoms with van der Waals surface area (Å²) in [5.41, 5.74) is 4.21. The van der Waals surface area contributed by atoms with Gasteiger partial charge in [0.15, 0.2) is 0 Å². The average Bonchev–Trinajstić information content (AvgIpc) is 3.19. The highest BCUT2D eigenvalue weighted by Gasteiger charge is 2.33. The third kappa shape index (κ3) is 3.05. The van der Waals surface area contributed by atoms with E-state index in [0.29, 0.717) is 0 Å². The molecule has 1 aliphatic rings. The minimum absolute atomic E-state index is 0.00421. The minimum Gasteiger partial charge on any atom is -0.331 e. The lowest BCUT2D eigenvalue weighted by atomic mass is 10.0. The first-order valence-corrected chi connectivity index (χ1v) is 9.22. The standard InChI is InChI=1S/C17H25N5OS/c1-9-15(10(2)21-20-9)14-7-6-8-22(14)17(23)19-12(4)16-11(3)18-13(5)24-16/h12,14H,6-8H2,1-5H3,(H,19,23)(H,20,21). The molecule has 6 nitrogen and oxygen atoms in total. The Labute approximate surface area is 146 Å². The van der Waals surface area contributed by atoms with Crippen LogP contribution in [0, 0.1) is 27.7 Å². The molecule has 0 aliphatic carbocycles. The van der Waals surface area contributed by atoms with Crippen molar-refractivity contribution in [3.8, 4) is 0 Å². The summed E-state index contributed by atoms with van der Waals surface area (Å²) >= 11 is 1.65. The molecule has 0 saturated carbocycles. The second kappa shape index (κ2) is 6.55. The van der Waals surface area contributed by atoms with Crippen molar-refractivity contribution in [2.45, 2.75) is 59.5 Å². The van der Waals surface area contributed by atoms with Gasteiger partial charge in [-0.3, -0.25) is 5.10 Å². The number of carbonyl (C=O) groups excluding carboxylic acids is 1. The summed E-state index contributed by atoms with van der Waals surface area (Å²) < 4.78 is 0. The molecule has 7 heteroatoms. The van der Waals surface area contributed by atoms with Gasteiger partial charge in [-0.25, -0.2) is 9.78 Å². The van der Waals surface area contributed by atoms with Gasteiger partial charge in [-0.05, 0) is 47.5 Å². The van der Waals surface area contributed by atoms with Crippen molar-refractivity contribution in [1.29, 1.82) is 0 Å². The third-order valence-corrected chi connectivity index (χ3v) is 5.96. The number of aryl methyl sites for hydroxylation is 4. The summed E-state index contributed by atoms with van der Waals surface area (Å²) in [6.45, 7) is 10.8. The normalized spacial score (nSPS) is 18.9. The van der Waals surface area contributed by atoms with Crippen molar-refractivity contribution in [3.05, 3.63) is 32.5 Å². The van der Waals surface area contributed by atoms with Crippen LogP contribution in [0.1, 0.15) is 64.4 Å². The zero-order valence-electron chi connectivity index (χ0n) is 14.9. The Hall–Kier alpha value is -1.89. The molecule has 1 fully saturated rings. The van der Waals surface area contributed by atoms with Crippen LogP contribution in [0.25, 0.3) is 0 Å². The van der Waals surface area contributed by atoms with Crippen molar-refractivity contribution in [2.24, 2.45) is 0 Å². The molecule has 1 aliphatic heterocycles. The van der Waals surface area contributed by atoms with Crippen molar-refractivity contribution in [1.82, 2.24) is 25.4 Å². The first-order valence-electron chi connectivity index (χ1n) is 8.41. The van der Waals surface area contributed by atoms with Gasteiger partial charge in [0, 0.05) is 22.7 Å². The predicted octanol–water partition coefficient (Wildman–Crippen LogP) is 3.71. The van der Waals surface area contributed by atoms with Crippen LogP contribution in [0.5, 0.6) is 0 Å². The maximum Gasteiger partial charge on any atom is 0.318 e. The SMILES string of the molecule is Cc1nc(C)c(C(C)NC(=O)N2CCCC2c2c(C)n[nH]c2C)s1. The minimum atomic E-state index is -0.0310. The van der Waals surface area contributed by atoms with Crippen LogP contribution in [-0.2, 0) is 0 Å². The van der Waals surface area contributed by atoms with Gasteiger partial charge >= 0.3 is 6.03 Å². The Balaban J connectivity index is 1.75. The monoisotopic (exact) mass is 347 g/mol. The second-order valence-corrected chi connectivity index (χ2v) is 7.79. The van der Waals surface area contributed by atoms with Gasteiger partial charge in [-0.15, -0.1) is 11.3 Å². The van der Waals surface area contributed by atoms with Crippen molar-refractivity contribution < 1.29 is 4.79 Å². The van der Waals surface area contributed by atoms with Gasteiger partial charge in [0.1, 0.15) is 0 Å². The molecular weight excluding hydrogens is 322 g/mol. The number of aromatic nitrogens is 3. The molecule has 2 atom stereocenters. The number of carbonyl (C=O) groups is 1. The topological polar surface area (TPSA) is 73.9 Å². The molecule has 130 valence electrons. The third-order valence-electron chi connectivity index (χ3n) is 4.70. The van der Waals surface area contributed by atoms with E-state index in [2.05, 4.69) is 20.5 Å². The van der Waals surface area contributed by atoms with Crippen LogP contribution in [0.3, 0.4) is 0 Å². The van der Waals surface area contributed by atoms with Gasteiger partial charge in [0.05, 0.1) is 28.5 Å². The highest BCUT2D eigenvalue weighted by Crippen LogP contribution is 2.35. The van der Waals surface area contributed by atoms with Crippen LogP contribution in [0.15, 0.2) is 0 Å². The van der Waals surface area contributed by atoms with Gasteiger partial charge in [0.25, 0.3) is 0 Å². The zero-order chi connectivity index (χ0) is 17.4. The van der Waals surface area contributed by atoms with Crippen molar-refractivity contribution in [2.75, 3.05) is 6.54 Å². The van der Waals surface area contributed by atoms with Crippen LogP contribution in [-0.4, -0.2) is 32.7 Å². The van der Waals surface area contributed by atoms with Crippen molar-refractivity contribution in [3.63, 3.8) is 0 Å². The molecule has 2 N–H and O–H groups in total. The molecule has 2 aromatic rings. The number of nitrogens with one attached hydrogen (secondary N) is 2. The quantitative estimate of drug-likeness (QED) is 0.889. The van der Waals surface area contributed by atoms with E-state index in [0.717, 1.165) is 46.4 Å². The fourth-order valence-electron chi connectivity index (χ4n) is 3.64. The number of likely N-dealkylation sites (tertiary alicyclic amines) is 1. The number of hydrogen-bond donors (Lipinski definition) is 2. The molecular formula is C17H25N5OS. The molecule has 2 amide bonds. The summed E-state index contributed by atoms with van der Waals surface area (Å²) in [6.07, 6.45) is 2.01. The molecule has 0 spiro atoms. The van der Waals surface area contributed by atoms with E-state index in [4.69, 9.17) is 0 Å². The van der Waals surface area contributed by atoms with Gasteiger partial charge in [0.2, 0.25) is 0 Å². The predicted molar refractivity (Wildman–Crippen MR) is 95.3 cm³/mol. The molecule has 0 radical (unpaired) electrons. The highest BCUT2D eigenvalue weighted by atomic mass is 32.1.